The van der Waals surface area contributed by atoms with E-state index in [1.54, 1.807) is 0 Å². The van der Waals surface area contributed by atoms with Crippen LogP contribution in [0.1, 0.15) is 373 Å². The Bertz CT molecular complexity index is 1990. The highest BCUT2D eigenvalue weighted by Crippen LogP contribution is 2.43. The number of esters is 2. The molecular formula is C86H155NO8P+. The van der Waals surface area contributed by atoms with E-state index in [1.165, 1.54) is 244 Å². The Morgan fingerprint density at radius 1 is 0.333 bits per heavy atom. The molecule has 0 heterocycles. The van der Waals surface area contributed by atoms with Gasteiger partial charge in [0.1, 0.15) is 19.8 Å². The van der Waals surface area contributed by atoms with Crippen LogP contribution < -0.4 is 0 Å². The first-order valence-electron chi connectivity index (χ1n) is 40.6. The number of likely N-dealkylation sites (N-methyl/N-ethyl adjacent to an activating group) is 1. The van der Waals surface area contributed by atoms with E-state index in [0.717, 1.165) is 96.3 Å². The number of allylic oxidation sites excluding steroid dienone is 18. The molecule has 0 radical (unpaired) electrons. The molecule has 0 aliphatic carbocycles. The summed E-state index contributed by atoms with van der Waals surface area (Å²) >= 11 is 0. The van der Waals surface area contributed by atoms with Crippen LogP contribution in [0.25, 0.3) is 0 Å². The molecule has 1 N–H and O–H groups in total. The molecule has 0 saturated carbocycles. The van der Waals surface area contributed by atoms with Crippen molar-refractivity contribution >= 4 is 19.8 Å². The van der Waals surface area contributed by atoms with Crippen molar-refractivity contribution < 1.29 is 42.1 Å². The number of phosphoric ester groups is 1. The lowest BCUT2D eigenvalue weighted by Gasteiger charge is -2.24. The fourth-order valence-electron chi connectivity index (χ4n) is 11.6. The van der Waals surface area contributed by atoms with Crippen LogP contribution in [0.5, 0.6) is 0 Å². The van der Waals surface area contributed by atoms with Gasteiger partial charge in [0.05, 0.1) is 27.7 Å². The van der Waals surface area contributed by atoms with Gasteiger partial charge in [-0.15, -0.1) is 0 Å². The minimum atomic E-state index is -4.40. The van der Waals surface area contributed by atoms with Crippen LogP contribution >= 0.6 is 7.82 Å². The molecule has 96 heavy (non-hydrogen) atoms. The Morgan fingerprint density at radius 3 is 0.896 bits per heavy atom. The number of quaternary nitrogens is 1. The van der Waals surface area contributed by atoms with E-state index in [1.807, 2.05) is 21.1 Å². The van der Waals surface area contributed by atoms with E-state index in [4.69, 9.17) is 18.5 Å². The minimum absolute atomic E-state index is 0.0267. The molecular weight excluding hydrogens is 1210 g/mol. The Morgan fingerprint density at radius 2 is 0.594 bits per heavy atom. The number of carbonyl (C=O) groups is 2. The van der Waals surface area contributed by atoms with Crippen molar-refractivity contribution in [1.82, 2.24) is 0 Å². The predicted octanol–water partition coefficient (Wildman–Crippen LogP) is 27.2. The van der Waals surface area contributed by atoms with Gasteiger partial charge in [-0.2, -0.15) is 0 Å². The van der Waals surface area contributed by atoms with E-state index in [-0.39, 0.29) is 32.0 Å². The van der Waals surface area contributed by atoms with Gasteiger partial charge >= 0.3 is 19.8 Å². The normalized spacial score (nSPS) is 13.6. The first-order valence-corrected chi connectivity index (χ1v) is 42.1. The monoisotopic (exact) mass is 1360 g/mol. The summed E-state index contributed by atoms with van der Waals surface area (Å²) in [5.41, 5.74) is 0. The van der Waals surface area contributed by atoms with E-state index >= 15 is 0 Å². The van der Waals surface area contributed by atoms with Gasteiger partial charge in [-0.25, -0.2) is 4.57 Å². The number of phosphoric acid groups is 1. The Hall–Kier alpha value is -3.33. The lowest BCUT2D eigenvalue weighted by Crippen LogP contribution is -2.37. The molecule has 0 aromatic carbocycles. The first-order chi connectivity index (χ1) is 47.0. The third-order valence-corrected chi connectivity index (χ3v) is 18.8. The van der Waals surface area contributed by atoms with Gasteiger partial charge in [-0.05, 0) is 103 Å². The molecule has 0 aromatic rings. The molecule has 0 bridgehead atoms. The number of unbranched alkanes of at least 4 members (excludes halogenated alkanes) is 43. The van der Waals surface area contributed by atoms with Gasteiger partial charge in [-0.1, -0.05) is 367 Å². The maximum atomic E-state index is 12.9. The summed E-state index contributed by atoms with van der Waals surface area (Å²) in [6.07, 6.45) is 108. The molecule has 0 aliphatic heterocycles. The third kappa shape index (κ3) is 79.7. The number of rotatable bonds is 75. The lowest BCUT2D eigenvalue weighted by molar-refractivity contribution is -0.870. The summed E-state index contributed by atoms with van der Waals surface area (Å²) in [6, 6.07) is 0. The van der Waals surface area contributed by atoms with Crippen LogP contribution in [0.15, 0.2) is 109 Å². The summed E-state index contributed by atoms with van der Waals surface area (Å²) in [5.74, 6) is -0.797. The average molecular weight is 1360 g/mol. The highest BCUT2D eigenvalue weighted by molar-refractivity contribution is 7.47. The minimum Gasteiger partial charge on any atom is -0.462 e. The maximum Gasteiger partial charge on any atom is 0.472 e. The van der Waals surface area contributed by atoms with Crippen molar-refractivity contribution in [3.05, 3.63) is 109 Å². The summed E-state index contributed by atoms with van der Waals surface area (Å²) in [7, 11) is 1.47. The van der Waals surface area contributed by atoms with Crippen molar-refractivity contribution in [2.24, 2.45) is 0 Å². The van der Waals surface area contributed by atoms with Crippen LogP contribution in [-0.4, -0.2) is 74.9 Å². The zero-order chi connectivity index (χ0) is 69.7. The maximum absolute atomic E-state index is 12.9. The molecule has 0 aromatic heterocycles. The fraction of sp³-hybridized carbons (Fsp3) is 0.767. The first kappa shape index (κ1) is 92.7. The number of ether oxygens (including phenoxy) is 2. The van der Waals surface area contributed by atoms with Gasteiger partial charge in [0.15, 0.2) is 6.10 Å². The van der Waals surface area contributed by atoms with E-state index in [9.17, 15) is 19.0 Å². The summed E-state index contributed by atoms with van der Waals surface area (Å²) in [6.45, 7) is 4.35. The lowest BCUT2D eigenvalue weighted by atomic mass is 10.0. The van der Waals surface area contributed by atoms with Crippen LogP contribution in [0.3, 0.4) is 0 Å². The fourth-order valence-corrected chi connectivity index (χ4v) is 12.4. The molecule has 0 aliphatic rings. The summed E-state index contributed by atoms with van der Waals surface area (Å²) in [4.78, 5) is 36.0. The van der Waals surface area contributed by atoms with Crippen LogP contribution in [0.2, 0.25) is 0 Å². The van der Waals surface area contributed by atoms with Gasteiger partial charge in [-0.3, -0.25) is 18.6 Å². The number of carbonyl (C=O) groups excluding carboxylic acids is 2. The van der Waals surface area contributed by atoms with Crippen LogP contribution in [0.4, 0.5) is 0 Å². The van der Waals surface area contributed by atoms with Crippen LogP contribution in [-0.2, 0) is 32.7 Å². The van der Waals surface area contributed by atoms with Crippen molar-refractivity contribution in [2.45, 2.75) is 380 Å². The molecule has 10 heteroatoms. The standard InChI is InChI=1S/C86H154NO8P/c1-6-8-10-12-14-16-18-20-22-24-26-28-30-32-34-36-38-40-41-42-43-44-45-47-48-50-52-54-56-58-60-62-64-66-68-70-72-74-76-78-85(88)92-82-84(83-94-96(90,91)93-81-80-87(3,4)5)95-86(89)79-77-75-73-71-69-67-65-63-61-59-57-55-53-51-49-46-39-37-35-33-31-29-27-25-23-21-19-17-15-13-11-9-7-2/h9,11,15,17,21,23-24,26-27,29,33,35,39,46,51,53,57,59,84H,6-8,10,12-14,16,18-20,22,25,28,30-32,34,36-38,40-45,47-50,52,54-56,58,60-83H2,1-5H3/p+1/b11-9-,17-15-,23-21-,26-24-,29-27-,35-33-,46-39-,53-51-,59-57-. The van der Waals surface area contributed by atoms with Crippen molar-refractivity contribution in [1.29, 1.82) is 0 Å². The van der Waals surface area contributed by atoms with Crippen LogP contribution in [0, 0.1) is 0 Å². The smallest absolute Gasteiger partial charge is 0.462 e. The van der Waals surface area contributed by atoms with Crippen molar-refractivity contribution in [3.8, 4) is 0 Å². The van der Waals surface area contributed by atoms with E-state index < -0.39 is 26.5 Å². The van der Waals surface area contributed by atoms with Crippen molar-refractivity contribution in [3.63, 3.8) is 0 Å². The molecule has 0 fully saturated rings. The molecule has 2 atom stereocenters. The SMILES string of the molecule is CC/C=C\C/C=C\C/C=C\C/C=C\C/C=C\C/C=C\C/C=C\C/C=C\CCCCCCCCCCC(=O)OC(COC(=O)CCCCCCCCCCCCCCCCCCCCCCCCCCCCC/C=C\CCCCCCCCCC)COP(=O)(O)OCC[N+](C)(C)C. The average Bonchev–Trinajstić information content (AvgIpc) is 1.48. The number of nitrogens with zero attached hydrogens (tertiary/aromatic N) is 1. The second-order valence-corrected chi connectivity index (χ2v) is 29.9. The third-order valence-electron chi connectivity index (χ3n) is 17.8. The second-order valence-electron chi connectivity index (χ2n) is 28.4. The number of hydrogen-bond acceptors (Lipinski definition) is 7. The number of hydrogen-bond donors (Lipinski definition) is 1. The highest BCUT2D eigenvalue weighted by atomic mass is 31.2. The molecule has 0 saturated heterocycles. The highest BCUT2D eigenvalue weighted by Gasteiger charge is 2.27. The Balaban J connectivity index is 3.97. The van der Waals surface area contributed by atoms with E-state index in [2.05, 4.69) is 123 Å². The summed E-state index contributed by atoms with van der Waals surface area (Å²) in [5, 5.41) is 0. The molecule has 0 spiro atoms. The zero-order valence-corrected chi connectivity index (χ0v) is 64.5. The second kappa shape index (κ2) is 75.9. The molecule has 9 nitrogen and oxygen atoms in total. The molecule has 0 amide bonds. The zero-order valence-electron chi connectivity index (χ0n) is 63.6. The van der Waals surface area contributed by atoms with Gasteiger partial charge < -0.3 is 18.9 Å². The van der Waals surface area contributed by atoms with Gasteiger partial charge in [0.25, 0.3) is 0 Å². The Labute approximate surface area is 595 Å². The molecule has 0 rings (SSSR count). The van der Waals surface area contributed by atoms with Gasteiger partial charge in [0, 0.05) is 12.8 Å². The molecule has 556 valence electrons. The van der Waals surface area contributed by atoms with Gasteiger partial charge in [0.2, 0.25) is 0 Å². The summed E-state index contributed by atoms with van der Waals surface area (Å²) < 4.78 is 34.8. The van der Waals surface area contributed by atoms with E-state index in [0.29, 0.717) is 17.4 Å². The predicted molar refractivity (Wildman–Crippen MR) is 418 cm³/mol. The molecule has 2 unspecified atom stereocenters. The Kier molecular flexibility index (Phi) is 73.2. The van der Waals surface area contributed by atoms with Crippen molar-refractivity contribution in [2.75, 3.05) is 47.5 Å². The topological polar surface area (TPSA) is 108 Å². The largest absolute Gasteiger partial charge is 0.472 e. The quantitative estimate of drug-likeness (QED) is 0.0211.